The van der Waals surface area contributed by atoms with Crippen LogP contribution in [0.15, 0.2) is 29.3 Å². The molecule has 0 saturated heterocycles. The zero-order valence-corrected chi connectivity index (χ0v) is 16.3. The van der Waals surface area contributed by atoms with Gasteiger partial charge in [0.2, 0.25) is 0 Å². The van der Waals surface area contributed by atoms with Gasteiger partial charge < -0.3 is 5.32 Å². The third kappa shape index (κ3) is 2.89. The van der Waals surface area contributed by atoms with Crippen LogP contribution in [0.1, 0.15) is 56.3 Å². The van der Waals surface area contributed by atoms with Gasteiger partial charge in [-0.2, -0.15) is 0 Å². The highest BCUT2D eigenvalue weighted by molar-refractivity contribution is 5.70. The molecule has 1 aliphatic carbocycles. The summed E-state index contributed by atoms with van der Waals surface area (Å²) in [7, 11) is 0. The first-order chi connectivity index (χ1) is 13.7. The maximum Gasteiger partial charge on any atom is 0.331 e. The largest absolute Gasteiger partial charge is 0.365 e. The Bertz CT molecular complexity index is 1000. The van der Waals surface area contributed by atoms with E-state index in [9.17, 15) is 4.79 Å². The lowest BCUT2D eigenvalue weighted by molar-refractivity contribution is 0.560. The van der Waals surface area contributed by atoms with Crippen LogP contribution < -0.4 is 11.0 Å². The summed E-state index contributed by atoms with van der Waals surface area (Å²) in [5.41, 5.74) is 2.09. The third-order valence-corrected chi connectivity index (χ3v) is 6.01. The smallest absolute Gasteiger partial charge is 0.331 e. The molecule has 0 spiro atoms. The molecule has 4 aliphatic rings. The highest BCUT2D eigenvalue weighted by atomic mass is 16.1. The summed E-state index contributed by atoms with van der Waals surface area (Å²) in [6.07, 6.45) is 10.2. The van der Waals surface area contributed by atoms with Crippen LogP contribution in [0.3, 0.4) is 0 Å². The fraction of sp³-hybridized carbons (Fsp3) is 0.524. The highest BCUT2D eigenvalue weighted by Crippen LogP contribution is 2.37. The lowest BCUT2D eigenvalue weighted by Gasteiger charge is -2.13. The summed E-state index contributed by atoms with van der Waals surface area (Å²) >= 11 is 0. The standard InChI is InChI=1S/C21H26N6O/c1-2-11-26-20-17(24-18(25-20)15-5-3-4-6-15)19-23-16(13-27(19)21(26)28)12-14-7-9-22-10-8-14/h7-10,15-16,23H,2-6,11-13H2,1H3/t16-/m1/s1. The van der Waals surface area contributed by atoms with Gasteiger partial charge in [0, 0.05) is 37.4 Å². The zero-order valence-electron chi connectivity index (χ0n) is 16.3. The van der Waals surface area contributed by atoms with Gasteiger partial charge in [-0.1, -0.05) is 19.8 Å². The molecule has 4 heterocycles. The fourth-order valence-electron chi connectivity index (χ4n) is 4.64. The summed E-state index contributed by atoms with van der Waals surface area (Å²) in [4.78, 5) is 27.1. The maximum atomic E-state index is 13.2. The molecule has 7 heteroatoms. The van der Waals surface area contributed by atoms with Gasteiger partial charge >= 0.3 is 5.69 Å². The second-order valence-corrected chi connectivity index (χ2v) is 8.03. The Balaban J connectivity index is 1.55. The summed E-state index contributed by atoms with van der Waals surface area (Å²) in [5, 5.41) is 3.57. The molecule has 0 unspecified atom stereocenters. The normalized spacial score (nSPS) is 19.2. The van der Waals surface area contributed by atoms with Crippen molar-refractivity contribution >= 4 is 5.82 Å². The Hall–Kier alpha value is -2.70. The highest BCUT2D eigenvalue weighted by Gasteiger charge is 2.33. The second kappa shape index (κ2) is 7.04. The average Bonchev–Trinajstić information content (AvgIpc) is 3.44. The Labute approximate surface area is 164 Å². The molecule has 1 N–H and O–H groups in total. The molecule has 0 bridgehead atoms. The van der Waals surface area contributed by atoms with Crippen molar-refractivity contribution in [3.63, 3.8) is 0 Å². The maximum absolute atomic E-state index is 13.2. The van der Waals surface area contributed by atoms with E-state index < -0.39 is 0 Å². The monoisotopic (exact) mass is 378 g/mol. The number of rotatable bonds is 5. The van der Waals surface area contributed by atoms with E-state index in [4.69, 9.17) is 9.97 Å². The van der Waals surface area contributed by atoms with Crippen molar-refractivity contribution in [3.8, 4) is 11.5 Å². The molecule has 1 aromatic rings. The molecular formula is C21H26N6O. The second-order valence-electron chi connectivity index (χ2n) is 8.03. The van der Waals surface area contributed by atoms with Gasteiger partial charge in [0.1, 0.15) is 17.3 Å². The van der Waals surface area contributed by atoms with Gasteiger partial charge in [-0.15, -0.1) is 0 Å². The molecule has 1 saturated carbocycles. The van der Waals surface area contributed by atoms with Crippen LogP contribution in [-0.2, 0) is 19.5 Å². The molecule has 1 atom stereocenters. The number of hydrogen-bond donors (Lipinski definition) is 1. The minimum absolute atomic E-state index is 0.0203. The number of pyridine rings is 1. The van der Waals surface area contributed by atoms with Crippen molar-refractivity contribution in [1.29, 1.82) is 0 Å². The summed E-state index contributed by atoms with van der Waals surface area (Å²) < 4.78 is 3.68. The number of aromatic nitrogens is 5. The van der Waals surface area contributed by atoms with Crippen LogP contribution in [0, 0.1) is 0 Å². The van der Waals surface area contributed by atoms with Crippen molar-refractivity contribution in [2.45, 2.75) is 70.5 Å². The van der Waals surface area contributed by atoms with E-state index >= 15 is 0 Å². The predicted octanol–water partition coefficient (Wildman–Crippen LogP) is 3.04. The number of nitrogens with zero attached hydrogens (tertiary/aromatic N) is 5. The summed E-state index contributed by atoms with van der Waals surface area (Å²) in [6, 6.07) is 4.23. The number of nitrogens with one attached hydrogen (secondary N) is 1. The SMILES string of the molecule is CCCn1c2nc(C3CCCC3)nc-2c2n(c1=O)C[C@@H](Cc1ccncc1)N2. The molecule has 7 nitrogen and oxygen atoms in total. The molecule has 146 valence electrons. The van der Waals surface area contributed by atoms with Crippen LogP contribution in [0.2, 0.25) is 0 Å². The fourth-order valence-corrected chi connectivity index (χ4v) is 4.64. The Kier molecular flexibility index (Phi) is 4.37. The lowest BCUT2D eigenvalue weighted by atomic mass is 10.1. The Morgan fingerprint density at radius 1 is 1.18 bits per heavy atom. The molecule has 1 aromatic heterocycles. The molecule has 0 aromatic carbocycles. The van der Waals surface area contributed by atoms with E-state index in [2.05, 4.69) is 17.2 Å². The van der Waals surface area contributed by atoms with Crippen molar-refractivity contribution in [1.82, 2.24) is 24.1 Å². The van der Waals surface area contributed by atoms with E-state index in [0.717, 1.165) is 48.8 Å². The zero-order chi connectivity index (χ0) is 19.1. The first-order valence-electron chi connectivity index (χ1n) is 10.4. The molecule has 28 heavy (non-hydrogen) atoms. The van der Waals surface area contributed by atoms with E-state index in [1.54, 1.807) is 0 Å². The Morgan fingerprint density at radius 3 is 2.71 bits per heavy atom. The van der Waals surface area contributed by atoms with Crippen molar-refractivity contribution in [3.05, 3.63) is 46.4 Å². The first-order valence-corrected chi connectivity index (χ1v) is 10.4. The minimum atomic E-state index is 0.0203. The van der Waals surface area contributed by atoms with Gasteiger partial charge in [-0.05, 0) is 43.4 Å². The van der Waals surface area contributed by atoms with Gasteiger partial charge in [-0.3, -0.25) is 14.1 Å². The Morgan fingerprint density at radius 2 is 1.96 bits per heavy atom. The van der Waals surface area contributed by atoms with Crippen LogP contribution in [0.4, 0.5) is 5.82 Å². The number of imidazole rings is 1. The van der Waals surface area contributed by atoms with Crippen molar-refractivity contribution < 1.29 is 0 Å². The molecular weight excluding hydrogens is 352 g/mol. The molecule has 0 amide bonds. The average molecular weight is 378 g/mol. The van der Waals surface area contributed by atoms with Crippen LogP contribution in [0.5, 0.6) is 0 Å². The van der Waals surface area contributed by atoms with E-state index in [1.165, 1.54) is 18.4 Å². The number of anilines is 1. The van der Waals surface area contributed by atoms with Gasteiger partial charge in [0.25, 0.3) is 0 Å². The predicted molar refractivity (Wildman–Crippen MR) is 108 cm³/mol. The van der Waals surface area contributed by atoms with Crippen molar-refractivity contribution in [2.75, 3.05) is 5.32 Å². The van der Waals surface area contributed by atoms with E-state index in [1.807, 2.05) is 33.7 Å². The van der Waals surface area contributed by atoms with Crippen LogP contribution in [-0.4, -0.2) is 30.1 Å². The number of fused-ring (bicyclic) bond motifs is 3. The minimum Gasteiger partial charge on any atom is -0.365 e. The van der Waals surface area contributed by atoms with E-state index in [-0.39, 0.29) is 11.7 Å². The number of hydrogen-bond acceptors (Lipinski definition) is 5. The van der Waals surface area contributed by atoms with E-state index in [0.29, 0.717) is 19.0 Å². The molecule has 5 rings (SSSR count). The summed E-state index contributed by atoms with van der Waals surface area (Å²) in [5.74, 6) is 2.94. The topological polar surface area (TPSA) is 77.6 Å². The lowest BCUT2D eigenvalue weighted by Crippen LogP contribution is -2.32. The van der Waals surface area contributed by atoms with Gasteiger partial charge in [0.15, 0.2) is 5.82 Å². The first kappa shape index (κ1) is 17.4. The van der Waals surface area contributed by atoms with Crippen LogP contribution >= 0.6 is 0 Å². The molecule has 3 aliphatic heterocycles. The van der Waals surface area contributed by atoms with Gasteiger partial charge in [-0.25, -0.2) is 14.8 Å². The van der Waals surface area contributed by atoms with Crippen molar-refractivity contribution in [2.24, 2.45) is 0 Å². The third-order valence-electron chi connectivity index (χ3n) is 6.01. The molecule has 1 fully saturated rings. The van der Waals surface area contributed by atoms with Crippen LogP contribution in [0.25, 0.3) is 11.5 Å². The molecule has 0 radical (unpaired) electrons. The summed E-state index contributed by atoms with van der Waals surface area (Å²) in [6.45, 7) is 3.42. The van der Waals surface area contributed by atoms with Gasteiger partial charge in [0.05, 0.1) is 0 Å². The quantitative estimate of drug-likeness (QED) is 0.738.